The highest BCUT2D eigenvalue weighted by atomic mass is 16.2. The van der Waals surface area contributed by atoms with Crippen LogP contribution in [0.5, 0.6) is 0 Å². The fraction of sp³-hybridized carbons (Fsp3) is 0.176. The van der Waals surface area contributed by atoms with Crippen LogP contribution in [0, 0.1) is 6.92 Å². The molecule has 0 saturated carbocycles. The van der Waals surface area contributed by atoms with E-state index in [0.29, 0.717) is 11.3 Å². The Kier molecular flexibility index (Phi) is 3.22. The van der Waals surface area contributed by atoms with Crippen molar-refractivity contribution in [2.75, 3.05) is 16.8 Å². The topological polar surface area (TPSA) is 49.4 Å². The van der Waals surface area contributed by atoms with Gasteiger partial charge in [0.05, 0.1) is 11.3 Å². The number of anilines is 3. The van der Waals surface area contributed by atoms with Gasteiger partial charge in [0.25, 0.3) is 11.7 Å². The van der Waals surface area contributed by atoms with Crippen LogP contribution < -0.4 is 10.2 Å². The van der Waals surface area contributed by atoms with Crippen LogP contribution in [0.2, 0.25) is 0 Å². The van der Waals surface area contributed by atoms with Crippen molar-refractivity contribution in [2.24, 2.45) is 0 Å². The Balaban J connectivity index is 1.99. The number of hydrogen-bond donors (Lipinski definition) is 1. The highest BCUT2D eigenvalue weighted by molar-refractivity contribution is 6.51. The molecule has 1 aliphatic heterocycles. The highest BCUT2D eigenvalue weighted by Crippen LogP contribution is 2.32. The van der Waals surface area contributed by atoms with Gasteiger partial charge in [0.15, 0.2) is 0 Å². The minimum atomic E-state index is -0.555. The van der Waals surface area contributed by atoms with Gasteiger partial charge in [0.2, 0.25) is 0 Å². The van der Waals surface area contributed by atoms with E-state index in [4.69, 9.17) is 0 Å². The molecule has 0 spiro atoms. The molecule has 0 bridgehead atoms. The van der Waals surface area contributed by atoms with Crippen LogP contribution in [-0.2, 0) is 4.79 Å². The van der Waals surface area contributed by atoms with Crippen molar-refractivity contribution in [3.63, 3.8) is 0 Å². The van der Waals surface area contributed by atoms with Gasteiger partial charge in [-0.3, -0.25) is 9.59 Å². The van der Waals surface area contributed by atoms with Crippen LogP contribution in [0.25, 0.3) is 0 Å². The largest absolute Gasteiger partial charge is 0.342 e. The number of carbonyl (C=O) groups is 2. The van der Waals surface area contributed by atoms with Crippen LogP contribution in [-0.4, -0.2) is 18.2 Å². The fourth-order valence-corrected chi connectivity index (χ4v) is 2.54. The number of Topliss-reactive ketones (excluding diaryl/α,β-unsaturated/α-hetero) is 1. The molecule has 1 heterocycles. The van der Waals surface area contributed by atoms with Crippen LogP contribution in [0.3, 0.4) is 0 Å². The lowest BCUT2D eigenvalue weighted by atomic mass is 10.1. The predicted octanol–water partition coefficient (Wildman–Crippen LogP) is 3.29. The molecule has 2 aromatic rings. The summed E-state index contributed by atoms with van der Waals surface area (Å²) in [6.07, 6.45) is 0. The Morgan fingerprint density at radius 3 is 2.33 bits per heavy atom. The van der Waals surface area contributed by atoms with Gasteiger partial charge in [-0.2, -0.15) is 0 Å². The van der Waals surface area contributed by atoms with Gasteiger partial charge >= 0.3 is 0 Å². The molecule has 4 nitrogen and oxygen atoms in total. The van der Waals surface area contributed by atoms with Crippen molar-refractivity contribution in [2.45, 2.75) is 13.8 Å². The van der Waals surface area contributed by atoms with Crippen molar-refractivity contribution in [1.29, 1.82) is 0 Å². The maximum Gasteiger partial charge on any atom is 0.296 e. The number of fused-ring (bicyclic) bond motifs is 1. The minimum absolute atomic E-state index is 0.448. The van der Waals surface area contributed by atoms with Crippen molar-refractivity contribution < 1.29 is 9.59 Å². The molecule has 0 unspecified atom stereocenters. The molecule has 3 rings (SSSR count). The second-order valence-corrected chi connectivity index (χ2v) is 5.09. The fourth-order valence-electron chi connectivity index (χ4n) is 2.54. The lowest BCUT2D eigenvalue weighted by Crippen LogP contribution is -2.16. The molecular formula is C17H16N2O2. The van der Waals surface area contributed by atoms with E-state index in [9.17, 15) is 9.59 Å². The normalized spacial score (nSPS) is 13.0. The maximum atomic E-state index is 11.6. The highest BCUT2D eigenvalue weighted by Gasteiger charge is 2.28. The molecule has 0 atom stereocenters. The van der Waals surface area contributed by atoms with Crippen LogP contribution >= 0.6 is 0 Å². The third kappa shape index (κ3) is 2.29. The zero-order chi connectivity index (χ0) is 15.0. The molecule has 4 heteroatoms. The van der Waals surface area contributed by atoms with E-state index < -0.39 is 11.7 Å². The molecule has 0 radical (unpaired) electrons. The van der Waals surface area contributed by atoms with Gasteiger partial charge in [-0.25, -0.2) is 0 Å². The first kappa shape index (κ1) is 13.4. The van der Waals surface area contributed by atoms with Crippen molar-refractivity contribution in [3.8, 4) is 0 Å². The average Bonchev–Trinajstić information content (AvgIpc) is 2.77. The maximum absolute atomic E-state index is 11.6. The van der Waals surface area contributed by atoms with Gasteiger partial charge < -0.3 is 10.2 Å². The van der Waals surface area contributed by atoms with Gasteiger partial charge in [-0.05, 0) is 44.2 Å². The number of nitrogens with zero attached hydrogens (tertiary/aromatic N) is 1. The number of benzene rings is 2. The number of amides is 1. The van der Waals surface area contributed by atoms with E-state index in [1.165, 1.54) is 5.56 Å². The molecule has 2 aromatic carbocycles. The summed E-state index contributed by atoms with van der Waals surface area (Å²) in [5.74, 6) is -1.02. The van der Waals surface area contributed by atoms with E-state index in [2.05, 4.69) is 48.3 Å². The molecule has 0 aromatic heterocycles. The molecule has 0 saturated heterocycles. The second kappa shape index (κ2) is 5.05. The van der Waals surface area contributed by atoms with E-state index >= 15 is 0 Å². The SMILES string of the molecule is CCN(c1ccc(C)cc1)c1ccc2c(c1)NC(=O)C2=O. The summed E-state index contributed by atoms with van der Waals surface area (Å²) in [5, 5.41) is 2.61. The number of aryl methyl sites for hydroxylation is 1. The van der Waals surface area contributed by atoms with Crippen molar-refractivity contribution in [1.82, 2.24) is 0 Å². The monoisotopic (exact) mass is 280 g/mol. The molecule has 106 valence electrons. The first-order valence-electron chi connectivity index (χ1n) is 6.94. The van der Waals surface area contributed by atoms with Crippen molar-refractivity contribution >= 4 is 28.8 Å². The molecule has 1 N–H and O–H groups in total. The van der Waals surface area contributed by atoms with Gasteiger partial charge in [0, 0.05) is 17.9 Å². The Hall–Kier alpha value is -2.62. The van der Waals surface area contributed by atoms with E-state index in [1.807, 2.05) is 12.1 Å². The number of nitrogens with one attached hydrogen (secondary N) is 1. The predicted molar refractivity (Wildman–Crippen MR) is 83.3 cm³/mol. The van der Waals surface area contributed by atoms with Gasteiger partial charge in [-0.15, -0.1) is 0 Å². The van der Waals surface area contributed by atoms with E-state index in [1.54, 1.807) is 6.07 Å². The Morgan fingerprint density at radius 2 is 1.67 bits per heavy atom. The summed E-state index contributed by atoms with van der Waals surface area (Å²) in [6.45, 7) is 4.91. The summed E-state index contributed by atoms with van der Waals surface area (Å²) < 4.78 is 0. The Bertz CT molecular complexity index is 720. The van der Waals surface area contributed by atoms with Crippen LogP contribution in [0.15, 0.2) is 42.5 Å². The number of rotatable bonds is 3. The Labute approximate surface area is 123 Å². The molecule has 21 heavy (non-hydrogen) atoms. The lowest BCUT2D eigenvalue weighted by Gasteiger charge is -2.24. The molecule has 0 fully saturated rings. The Morgan fingerprint density at radius 1 is 1.00 bits per heavy atom. The third-order valence-electron chi connectivity index (χ3n) is 3.68. The quantitative estimate of drug-likeness (QED) is 0.878. The minimum Gasteiger partial charge on any atom is -0.342 e. The number of carbonyl (C=O) groups excluding carboxylic acids is 2. The number of ketones is 1. The second-order valence-electron chi connectivity index (χ2n) is 5.09. The standard InChI is InChI=1S/C17H16N2O2/c1-3-19(12-6-4-11(2)5-7-12)13-8-9-14-15(10-13)18-17(21)16(14)20/h4-10H,3H2,1-2H3,(H,18,20,21). The third-order valence-corrected chi connectivity index (χ3v) is 3.68. The summed E-state index contributed by atoms with van der Waals surface area (Å²) in [7, 11) is 0. The van der Waals surface area contributed by atoms with Gasteiger partial charge in [-0.1, -0.05) is 17.7 Å². The van der Waals surface area contributed by atoms with Crippen LogP contribution in [0.4, 0.5) is 17.1 Å². The first-order valence-corrected chi connectivity index (χ1v) is 6.94. The molecule has 1 aliphatic rings. The lowest BCUT2D eigenvalue weighted by molar-refractivity contribution is -0.112. The number of hydrogen-bond acceptors (Lipinski definition) is 3. The van der Waals surface area contributed by atoms with E-state index in [0.717, 1.165) is 17.9 Å². The van der Waals surface area contributed by atoms with Crippen molar-refractivity contribution in [3.05, 3.63) is 53.6 Å². The average molecular weight is 280 g/mol. The molecule has 1 amide bonds. The first-order chi connectivity index (χ1) is 10.1. The summed E-state index contributed by atoms with van der Waals surface area (Å²) in [4.78, 5) is 25.2. The summed E-state index contributed by atoms with van der Waals surface area (Å²) in [6, 6.07) is 13.7. The zero-order valence-electron chi connectivity index (χ0n) is 12.0. The van der Waals surface area contributed by atoms with Gasteiger partial charge in [0.1, 0.15) is 0 Å². The van der Waals surface area contributed by atoms with E-state index in [-0.39, 0.29) is 0 Å². The smallest absolute Gasteiger partial charge is 0.296 e. The zero-order valence-corrected chi connectivity index (χ0v) is 12.0. The molecule has 0 aliphatic carbocycles. The summed E-state index contributed by atoms with van der Waals surface area (Å²) >= 11 is 0. The van der Waals surface area contributed by atoms with Crippen LogP contribution in [0.1, 0.15) is 22.8 Å². The molecular weight excluding hydrogens is 264 g/mol. The summed E-state index contributed by atoms with van der Waals surface area (Å²) in [5.41, 5.74) is 4.28.